The number of carbonyl (C=O) groups is 3. The van der Waals surface area contributed by atoms with E-state index in [1.165, 1.54) is 6.07 Å². The van der Waals surface area contributed by atoms with Crippen molar-refractivity contribution in [3.8, 4) is 11.8 Å². The summed E-state index contributed by atoms with van der Waals surface area (Å²) in [6, 6.07) is 6.19. The van der Waals surface area contributed by atoms with E-state index >= 15 is 0 Å². The Labute approximate surface area is 170 Å². The molecule has 3 aliphatic rings. The van der Waals surface area contributed by atoms with E-state index in [1.54, 1.807) is 18.2 Å². The lowest BCUT2D eigenvalue weighted by Gasteiger charge is -2.46. The van der Waals surface area contributed by atoms with Crippen molar-refractivity contribution in [2.24, 2.45) is 11.8 Å². The number of nitrogens with zero attached hydrogens (tertiary/aromatic N) is 1. The normalized spacial score (nSPS) is 27.6. The average Bonchev–Trinajstić information content (AvgIpc) is 2.70. The Morgan fingerprint density at radius 3 is 2.63 bits per heavy atom. The molecule has 0 bridgehead atoms. The fourth-order valence-corrected chi connectivity index (χ4v) is 4.75. The second kappa shape index (κ2) is 6.62. The fraction of sp³-hybridized carbons (Fsp3) is 0.333. The number of hydrogen-bond donors (Lipinski definition) is 3. The molecule has 1 aromatic carbocycles. The molecule has 0 aliphatic heterocycles. The number of rotatable bonds is 1. The smallest absolute Gasteiger partial charge is 0.509 e. The standard InChI is InChI=1S/C21H17NO8/c1-29-20(28)30-21-11(7-14(24)12(8-22)18(21)26)6-10-5-9-3-2-4-13(23)15(9)17(25)16(10)19(21)27/h2-4,10-11,23-24,27H,5-7H2,1H3/t10-,11-,21+/m0/s1. The van der Waals surface area contributed by atoms with E-state index < -0.39 is 52.3 Å². The van der Waals surface area contributed by atoms with Crippen molar-refractivity contribution in [2.45, 2.75) is 24.9 Å². The van der Waals surface area contributed by atoms with Crippen LogP contribution in [0.3, 0.4) is 0 Å². The van der Waals surface area contributed by atoms with E-state index in [0.29, 0.717) is 12.0 Å². The number of benzene rings is 1. The van der Waals surface area contributed by atoms with Gasteiger partial charge in [-0.25, -0.2) is 4.79 Å². The number of aliphatic hydroxyl groups excluding tert-OH is 2. The molecule has 0 amide bonds. The number of methoxy groups -OCH3 is 1. The number of ketones is 2. The van der Waals surface area contributed by atoms with Gasteiger partial charge in [0, 0.05) is 17.9 Å². The van der Waals surface area contributed by atoms with Gasteiger partial charge in [-0.2, -0.15) is 5.26 Å². The highest BCUT2D eigenvalue weighted by Crippen LogP contribution is 2.52. The van der Waals surface area contributed by atoms with Crippen LogP contribution in [0, 0.1) is 23.2 Å². The number of carbonyl (C=O) groups excluding carboxylic acids is 3. The number of fused-ring (bicyclic) bond motifs is 3. The highest BCUT2D eigenvalue weighted by atomic mass is 16.7. The van der Waals surface area contributed by atoms with E-state index in [1.807, 2.05) is 0 Å². The number of allylic oxidation sites excluding steroid dienone is 2. The second-order valence-corrected chi connectivity index (χ2v) is 7.49. The predicted molar refractivity (Wildman–Crippen MR) is 98.5 cm³/mol. The Morgan fingerprint density at radius 1 is 1.23 bits per heavy atom. The zero-order chi connectivity index (χ0) is 21.8. The molecule has 0 spiro atoms. The van der Waals surface area contributed by atoms with Crippen LogP contribution in [0.5, 0.6) is 5.75 Å². The number of ether oxygens (including phenoxy) is 2. The summed E-state index contributed by atoms with van der Waals surface area (Å²) >= 11 is 0. The van der Waals surface area contributed by atoms with Crippen LogP contribution in [0.2, 0.25) is 0 Å². The van der Waals surface area contributed by atoms with Crippen molar-refractivity contribution in [1.29, 1.82) is 5.26 Å². The predicted octanol–water partition coefficient (Wildman–Crippen LogP) is 2.41. The number of phenols is 1. The number of nitriles is 1. The number of Topliss-reactive ketones (excluding diaryl/α,β-unsaturated/α-hetero) is 2. The first-order valence-electron chi connectivity index (χ1n) is 9.19. The van der Waals surface area contributed by atoms with Gasteiger partial charge < -0.3 is 24.8 Å². The minimum atomic E-state index is -2.37. The Bertz CT molecular complexity index is 1110. The van der Waals surface area contributed by atoms with Gasteiger partial charge >= 0.3 is 6.16 Å². The second-order valence-electron chi connectivity index (χ2n) is 7.49. The van der Waals surface area contributed by atoms with E-state index in [2.05, 4.69) is 4.74 Å². The van der Waals surface area contributed by atoms with Gasteiger partial charge in [-0.15, -0.1) is 0 Å². The van der Waals surface area contributed by atoms with E-state index in [-0.39, 0.29) is 29.7 Å². The molecule has 0 heterocycles. The first-order valence-corrected chi connectivity index (χ1v) is 9.19. The van der Waals surface area contributed by atoms with Crippen LogP contribution in [0.15, 0.2) is 40.9 Å². The number of hydrogen-bond acceptors (Lipinski definition) is 9. The lowest BCUT2D eigenvalue weighted by Crippen LogP contribution is -2.58. The molecule has 0 saturated carbocycles. The van der Waals surface area contributed by atoms with Crippen LogP contribution in [-0.4, -0.2) is 45.8 Å². The molecule has 1 aromatic rings. The third kappa shape index (κ3) is 2.43. The highest BCUT2D eigenvalue weighted by Gasteiger charge is 2.63. The first-order chi connectivity index (χ1) is 14.3. The summed E-state index contributed by atoms with van der Waals surface area (Å²) in [4.78, 5) is 38.3. The summed E-state index contributed by atoms with van der Waals surface area (Å²) in [7, 11) is 1.01. The van der Waals surface area contributed by atoms with Crippen molar-refractivity contribution >= 4 is 17.7 Å². The van der Waals surface area contributed by atoms with Crippen LogP contribution < -0.4 is 0 Å². The number of aliphatic hydroxyl groups is 2. The minimum Gasteiger partial charge on any atom is -0.511 e. The van der Waals surface area contributed by atoms with Crippen LogP contribution in [0.25, 0.3) is 0 Å². The minimum absolute atomic E-state index is 0.00382. The van der Waals surface area contributed by atoms with Crippen molar-refractivity contribution in [1.82, 2.24) is 0 Å². The van der Waals surface area contributed by atoms with Gasteiger partial charge in [-0.05, 0) is 30.4 Å². The Morgan fingerprint density at radius 2 is 1.97 bits per heavy atom. The van der Waals surface area contributed by atoms with Crippen molar-refractivity contribution < 1.29 is 39.2 Å². The molecule has 154 valence electrons. The molecular formula is C21H17NO8. The summed E-state index contributed by atoms with van der Waals surface area (Å²) < 4.78 is 9.72. The number of phenolic OH excluding ortho intramolecular Hbond substituents is 1. The highest BCUT2D eigenvalue weighted by molar-refractivity contribution is 6.16. The van der Waals surface area contributed by atoms with Gasteiger partial charge in [0.1, 0.15) is 23.2 Å². The molecule has 3 atom stereocenters. The molecule has 30 heavy (non-hydrogen) atoms. The number of aromatic hydroxyl groups is 1. The molecule has 3 aliphatic carbocycles. The maximum atomic E-state index is 13.2. The van der Waals surface area contributed by atoms with Crippen LogP contribution in [0.4, 0.5) is 4.79 Å². The Hall–Kier alpha value is -3.80. The maximum absolute atomic E-state index is 13.2. The van der Waals surface area contributed by atoms with Gasteiger partial charge in [0.05, 0.1) is 12.7 Å². The maximum Gasteiger partial charge on any atom is 0.509 e. The van der Waals surface area contributed by atoms with Crippen molar-refractivity contribution in [3.63, 3.8) is 0 Å². The summed E-state index contributed by atoms with van der Waals surface area (Å²) in [5, 5.41) is 40.8. The van der Waals surface area contributed by atoms with Gasteiger partial charge in [-0.3, -0.25) is 9.59 Å². The summed E-state index contributed by atoms with van der Waals surface area (Å²) in [5.41, 5.74) is -2.59. The molecular weight excluding hydrogens is 394 g/mol. The zero-order valence-corrected chi connectivity index (χ0v) is 15.8. The van der Waals surface area contributed by atoms with Gasteiger partial charge in [0.25, 0.3) is 0 Å². The van der Waals surface area contributed by atoms with Crippen molar-refractivity contribution in [3.05, 3.63) is 52.0 Å². The summed E-state index contributed by atoms with van der Waals surface area (Å²) in [6.07, 6.45) is -1.08. The van der Waals surface area contributed by atoms with E-state index in [0.717, 1.165) is 7.11 Å². The van der Waals surface area contributed by atoms with E-state index in [9.17, 15) is 35.0 Å². The van der Waals surface area contributed by atoms with Gasteiger partial charge in [0.2, 0.25) is 11.4 Å². The molecule has 0 radical (unpaired) electrons. The quantitative estimate of drug-likeness (QED) is 0.591. The Kier molecular flexibility index (Phi) is 4.31. The lowest BCUT2D eigenvalue weighted by atomic mass is 9.60. The van der Waals surface area contributed by atoms with Crippen LogP contribution >= 0.6 is 0 Å². The van der Waals surface area contributed by atoms with E-state index in [4.69, 9.17) is 4.74 Å². The molecule has 0 unspecified atom stereocenters. The zero-order valence-electron chi connectivity index (χ0n) is 15.8. The fourth-order valence-electron chi connectivity index (χ4n) is 4.75. The molecule has 9 nitrogen and oxygen atoms in total. The third-order valence-electron chi connectivity index (χ3n) is 6.04. The first kappa shape index (κ1) is 19.5. The molecule has 4 rings (SSSR count). The van der Waals surface area contributed by atoms with Crippen LogP contribution in [-0.2, 0) is 20.7 Å². The van der Waals surface area contributed by atoms with Gasteiger partial charge in [0.15, 0.2) is 11.5 Å². The van der Waals surface area contributed by atoms with Gasteiger partial charge in [-0.1, -0.05) is 12.1 Å². The molecule has 9 heteroatoms. The average molecular weight is 411 g/mol. The molecule has 3 N–H and O–H groups in total. The molecule has 0 aromatic heterocycles. The topological polar surface area (TPSA) is 154 Å². The molecule has 0 fully saturated rings. The monoisotopic (exact) mass is 411 g/mol. The third-order valence-corrected chi connectivity index (χ3v) is 6.04. The lowest BCUT2D eigenvalue weighted by molar-refractivity contribution is -0.146. The SMILES string of the molecule is COC(=O)O[C@@]12C(=O)C(C#N)=C(O)C[C@@H]1C[C@@H]1Cc3cccc(O)c3C(=O)C1=C2O. The molecule has 0 saturated heterocycles. The Balaban J connectivity index is 1.97. The summed E-state index contributed by atoms with van der Waals surface area (Å²) in [5.74, 6) is -4.79. The summed E-state index contributed by atoms with van der Waals surface area (Å²) in [6.45, 7) is 0. The largest absolute Gasteiger partial charge is 0.511 e. The van der Waals surface area contributed by atoms with Crippen LogP contribution in [0.1, 0.15) is 28.8 Å². The van der Waals surface area contributed by atoms with Crippen molar-refractivity contribution in [2.75, 3.05) is 7.11 Å².